The molecule has 0 aliphatic heterocycles. The number of rotatable bonds is 2. The molecule has 0 aliphatic carbocycles. The van der Waals surface area contributed by atoms with Gasteiger partial charge in [0, 0.05) is 11.3 Å². The summed E-state index contributed by atoms with van der Waals surface area (Å²) in [5, 5.41) is 0. The maximum absolute atomic E-state index is 5.10. The number of hydrogen-bond donors (Lipinski definition) is 0. The number of hydrogen-bond acceptors (Lipinski definition) is 3. The standard InChI is InChI=1S/C12H12N2O.C2H6/c1-9-7-12(14-8-13-9)10-3-5-11(15-2)6-4-10;1-2/h3-8H,1-2H3;1-2H3. The van der Waals surface area contributed by atoms with Gasteiger partial charge in [-0.2, -0.15) is 0 Å². The molecule has 0 fully saturated rings. The average molecular weight is 230 g/mol. The number of aromatic nitrogens is 2. The normalized spacial score (nSPS) is 9.18. The maximum atomic E-state index is 5.10. The molecular weight excluding hydrogens is 212 g/mol. The fraction of sp³-hybridized carbons (Fsp3) is 0.286. The predicted molar refractivity (Wildman–Crippen MR) is 70.1 cm³/mol. The first kappa shape index (κ1) is 13.2. The van der Waals surface area contributed by atoms with E-state index in [-0.39, 0.29) is 0 Å². The molecule has 0 bridgehead atoms. The Morgan fingerprint density at radius 3 is 2.18 bits per heavy atom. The Morgan fingerprint density at radius 2 is 1.65 bits per heavy atom. The molecule has 1 heterocycles. The molecule has 17 heavy (non-hydrogen) atoms. The smallest absolute Gasteiger partial charge is 0.118 e. The van der Waals surface area contributed by atoms with Crippen LogP contribution >= 0.6 is 0 Å². The molecule has 0 radical (unpaired) electrons. The second kappa shape index (κ2) is 6.63. The van der Waals surface area contributed by atoms with E-state index < -0.39 is 0 Å². The van der Waals surface area contributed by atoms with Crippen LogP contribution in [0.5, 0.6) is 5.75 Å². The van der Waals surface area contributed by atoms with Crippen LogP contribution in [0.15, 0.2) is 36.7 Å². The van der Waals surface area contributed by atoms with Crippen LogP contribution in [-0.2, 0) is 0 Å². The van der Waals surface area contributed by atoms with Crippen LogP contribution in [-0.4, -0.2) is 17.1 Å². The number of methoxy groups -OCH3 is 1. The zero-order valence-electron chi connectivity index (χ0n) is 10.8. The Bertz CT molecular complexity index is 452. The minimum absolute atomic E-state index is 0.851. The van der Waals surface area contributed by atoms with E-state index in [0.717, 1.165) is 22.7 Å². The largest absolute Gasteiger partial charge is 0.497 e. The molecule has 0 aliphatic rings. The lowest BCUT2D eigenvalue weighted by Gasteiger charge is -2.03. The molecule has 0 unspecified atom stereocenters. The van der Waals surface area contributed by atoms with Crippen molar-refractivity contribution in [3.05, 3.63) is 42.4 Å². The highest BCUT2D eigenvalue weighted by atomic mass is 16.5. The fourth-order valence-corrected chi connectivity index (χ4v) is 1.37. The van der Waals surface area contributed by atoms with Gasteiger partial charge in [0.25, 0.3) is 0 Å². The first-order chi connectivity index (χ1) is 8.29. The molecule has 2 aromatic rings. The van der Waals surface area contributed by atoms with Crippen molar-refractivity contribution in [1.82, 2.24) is 9.97 Å². The van der Waals surface area contributed by atoms with E-state index >= 15 is 0 Å². The SMILES string of the molecule is CC.COc1ccc(-c2cc(C)ncn2)cc1. The maximum Gasteiger partial charge on any atom is 0.118 e. The van der Waals surface area contributed by atoms with Gasteiger partial charge in [-0.1, -0.05) is 13.8 Å². The molecule has 3 heteroatoms. The summed E-state index contributed by atoms with van der Waals surface area (Å²) < 4.78 is 5.10. The molecule has 0 saturated heterocycles. The van der Waals surface area contributed by atoms with Crippen molar-refractivity contribution in [1.29, 1.82) is 0 Å². The number of ether oxygens (including phenoxy) is 1. The minimum atomic E-state index is 0.851. The third-order valence-electron chi connectivity index (χ3n) is 2.19. The summed E-state index contributed by atoms with van der Waals surface area (Å²) >= 11 is 0. The van der Waals surface area contributed by atoms with E-state index in [1.54, 1.807) is 13.4 Å². The molecule has 1 aromatic heterocycles. The molecule has 90 valence electrons. The first-order valence-corrected chi connectivity index (χ1v) is 5.72. The molecular formula is C14H18N2O. The zero-order valence-corrected chi connectivity index (χ0v) is 10.8. The zero-order chi connectivity index (χ0) is 12.7. The monoisotopic (exact) mass is 230 g/mol. The summed E-state index contributed by atoms with van der Waals surface area (Å²) in [6.45, 7) is 5.95. The Labute approximate surface area is 103 Å². The summed E-state index contributed by atoms with van der Waals surface area (Å²) in [5.74, 6) is 0.851. The molecule has 0 spiro atoms. The third-order valence-corrected chi connectivity index (χ3v) is 2.19. The van der Waals surface area contributed by atoms with Crippen molar-refractivity contribution in [3.8, 4) is 17.0 Å². The van der Waals surface area contributed by atoms with Crippen molar-refractivity contribution in [3.63, 3.8) is 0 Å². The fourth-order valence-electron chi connectivity index (χ4n) is 1.37. The minimum Gasteiger partial charge on any atom is -0.497 e. The molecule has 0 saturated carbocycles. The van der Waals surface area contributed by atoms with Gasteiger partial charge in [0.05, 0.1) is 12.8 Å². The Morgan fingerprint density at radius 1 is 1.00 bits per heavy atom. The second-order valence-electron chi connectivity index (χ2n) is 3.27. The Kier molecular flexibility index (Phi) is 5.14. The van der Waals surface area contributed by atoms with Gasteiger partial charge < -0.3 is 4.74 Å². The highest BCUT2D eigenvalue weighted by Gasteiger charge is 1.99. The van der Waals surface area contributed by atoms with Crippen LogP contribution in [0.2, 0.25) is 0 Å². The first-order valence-electron chi connectivity index (χ1n) is 5.72. The van der Waals surface area contributed by atoms with Gasteiger partial charge in [0.1, 0.15) is 12.1 Å². The predicted octanol–water partition coefficient (Wildman–Crippen LogP) is 3.49. The van der Waals surface area contributed by atoms with Crippen molar-refractivity contribution < 1.29 is 4.74 Å². The molecule has 3 nitrogen and oxygen atoms in total. The third kappa shape index (κ3) is 3.55. The highest BCUT2D eigenvalue weighted by molar-refractivity contribution is 5.59. The number of aryl methyl sites for hydroxylation is 1. The van der Waals surface area contributed by atoms with Gasteiger partial charge in [-0.05, 0) is 37.3 Å². The van der Waals surface area contributed by atoms with Crippen LogP contribution in [0, 0.1) is 6.92 Å². The van der Waals surface area contributed by atoms with Gasteiger partial charge >= 0.3 is 0 Å². The van der Waals surface area contributed by atoms with E-state index in [0.29, 0.717) is 0 Å². The highest BCUT2D eigenvalue weighted by Crippen LogP contribution is 2.20. The van der Waals surface area contributed by atoms with Crippen LogP contribution in [0.3, 0.4) is 0 Å². The number of nitrogens with zero attached hydrogens (tertiary/aromatic N) is 2. The Hall–Kier alpha value is -1.90. The van der Waals surface area contributed by atoms with Crippen molar-refractivity contribution in [2.75, 3.05) is 7.11 Å². The van der Waals surface area contributed by atoms with Crippen LogP contribution in [0.4, 0.5) is 0 Å². The van der Waals surface area contributed by atoms with E-state index in [1.165, 1.54) is 0 Å². The summed E-state index contributed by atoms with van der Waals surface area (Å²) in [4.78, 5) is 8.28. The topological polar surface area (TPSA) is 35.0 Å². The van der Waals surface area contributed by atoms with Gasteiger partial charge in [-0.25, -0.2) is 9.97 Å². The van der Waals surface area contributed by atoms with Gasteiger partial charge in [0.2, 0.25) is 0 Å². The van der Waals surface area contributed by atoms with E-state index in [2.05, 4.69) is 9.97 Å². The summed E-state index contributed by atoms with van der Waals surface area (Å²) in [7, 11) is 1.66. The summed E-state index contributed by atoms with van der Waals surface area (Å²) in [6.07, 6.45) is 1.58. The quantitative estimate of drug-likeness (QED) is 0.792. The molecule has 0 N–H and O–H groups in total. The van der Waals surface area contributed by atoms with Crippen LogP contribution in [0.1, 0.15) is 19.5 Å². The van der Waals surface area contributed by atoms with Crippen molar-refractivity contribution in [2.24, 2.45) is 0 Å². The second-order valence-corrected chi connectivity index (χ2v) is 3.27. The number of benzene rings is 1. The Balaban J connectivity index is 0.000000686. The average Bonchev–Trinajstić information content (AvgIpc) is 2.41. The van der Waals surface area contributed by atoms with Crippen LogP contribution in [0.25, 0.3) is 11.3 Å². The van der Waals surface area contributed by atoms with E-state index in [1.807, 2.05) is 51.1 Å². The summed E-state index contributed by atoms with van der Waals surface area (Å²) in [6, 6.07) is 9.78. The van der Waals surface area contributed by atoms with E-state index in [4.69, 9.17) is 4.74 Å². The van der Waals surface area contributed by atoms with Gasteiger partial charge in [-0.3, -0.25) is 0 Å². The lowest BCUT2D eigenvalue weighted by Crippen LogP contribution is -1.88. The lowest BCUT2D eigenvalue weighted by molar-refractivity contribution is 0.415. The molecule has 1 aromatic carbocycles. The van der Waals surface area contributed by atoms with Crippen molar-refractivity contribution >= 4 is 0 Å². The van der Waals surface area contributed by atoms with Crippen molar-refractivity contribution in [2.45, 2.75) is 20.8 Å². The molecule has 0 atom stereocenters. The lowest BCUT2D eigenvalue weighted by atomic mass is 10.1. The molecule has 2 rings (SSSR count). The van der Waals surface area contributed by atoms with E-state index in [9.17, 15) is 0 Å². The van der Waals surface area contributed by atoms with Crippen LogP contribution < -0.4 is 4.74 Å². The van der Waals surface area contributed by atoms with Gasteiger partial charge in [-0.15, -0.1) is 0 Å². The summed E-state index contributed by atoms with van der Waals surface area (Å²) in [5.41, 5.74) is 2.97. The molecule has 0 amide bonds. The van der Waals surface area contributed by atoms with Gasteiger partial charge in [0.15, 0.2) is 0 Å².